The van der Waals surface area contributed by atoms with E-state index in [-0.39, 0.29) is 6.42 Å². The summed E-state index contributed by atoms with van der Waals surface area (Å²) in [5, 5.41) is 14.9. The summed E-state index contributed by atoms with van der Waals surface area (Å²) >= 11 is 0. The predicted molar refractivity (Wildman–Crippen MR) is 128 cm³/mol. The zero-order valence-corrected chi connectivity index (χ0v) is 19.4. The topological polar surface area (TPSA) is 109 Å². The van der Waals surface area contributed by atoms with Crippen LogP contribution in [-0.2, 0) is 17.6 Å². The molecular weight excluding hydrogens is 448 g/mol. The molecule has 1 aliphatic heterocycles. The molecule has 0 saturated heterocycles. The second kappa shape index (κ2) is 10.0. The van der Waals surface area contributed by atoms with E-state index in [9.17, 15) is 9.90 Å². The Bertz CT molecular complexity index is 1340. The van der Waals surface area contributed by atoms with Crippen LogP contribution < -0.4 is 14.2 Å². The predicted octanol–water partition coefficient (Wildman–Crippen LogP) is 3.85. The number of aliphatic carboxylic acids is 1. The summed E-state index contributed by atoms with van der Waals surface area (Å²) in [6.45, 7) is 1.25. The van der Waals surface area contributed by atoms with E-state index in [1.165, 1.54) is 7.11 Å². The smallest absolute Gasteiger partial charge is 0.305 e. The number of fused-ring (bicyclic) bond motifs is 2. The van der Waals surface area contributed by atoms with Crippen molar-refractivity contribution in [1.29, 1.82) is 0 Å². The highest BCUT2D eigenvalue weighted by atomic mass is 16.5. The third kappa shape index (κ3) is 5.03. The maximum atomic E-state index is 11.6. The lowest BCUT2D eigenvalue weighted by molar-refractivity contribution is -0.137. The van der Waals surface area contributed by atoms with Crippen LogP contribution >= 0.6 is 0 Å². The molecule has 0 radical (unpaired) electrons. The summed E-state index contributed by atoms with van der Waals surface area (Å²) in [7, 11) is 1.54. The number of carbonyl (C=O) groups is 1. The van der Waals surface area contributed by atoms with E-state index in [4.69, 9.17) is 19.2 Å². The molecule has 1 N–H and O–H groups in total. The van der Waals surface area contributed by atoms with Crippen LogP contribution in [0.4, 0.5) is 0 Å². The van der Waals surface area contributed by atoms with Crippen molar-refractivity contribution in [3.8, 4) is 17.4 Å². The second-order valence-corrected chi connectivity index (χ2v) is 8.36. The van der Waals surface area contributed by atoms with Gasteiger partial charge in [-0.3, -0.25) is 14.5 Å². The van der Waals surface area contributed by atoms with Crippen LogP contribution in [0.2, 0.25) is 0 Å². The van der Waals surface area contributed by atoms with Gasteiger partial charge in [-0.2, -0.15) is 5.10 Å². The van der Waals surface area contributed by atoms with Crippen molar-refractivity contribution in [2.24, 2.45) is 0 Å². The molecule has 0 spiro atoms. The summed E-state index contributed by atoms with van der Waals surface area (Å²) in [4.78, 5) is 20.5. The molecule has 0 bridgehead atoms. The molecule has 1 atom stereocenters. The maximum Gasteiger partial charge on any atom is 0.305 e. The van der Waals surface area contributed by atoms with Crippen LogP contribution in [0.15, 0.2) is 54.9 Å². The van der Waals surface area contributed by atoms with Gasteiger partial charge in [0.15, 0.2) is 0 Å². The van der Waals surface area contributed by atoms with Gasteiger partial charge in [0.1, 0.15) is 11.5 Å². The summed E-state index contributed by atoms with van der Waals surface area (Å²) in [6, 6.07) is 12.7. The SMILES string of the molecule is COc1ccc([C@H](CC(=O)O)n2ncc3cc(OCCc4ccc5c(n4)CCCO5)ccc32)cn1. The van der Waals surface area contributed by atoms with E-state index in [2.05, 4.69) is 10.1 Å². The molecule has 0 saturated carbocycles. The number of hydrogen-bond donors (Lipinski definition) is 1. The van der Waals surface area contributed by atoms with Crippen molar-refractivity contribution < 1.29 is 24.1 Å². The van der Waals surface area contributed by atoms with Crippen LogP contribution in [0.1, 0.15) is 35.8 Å². The van der Waals surface area contributed by atoms with Gasteiger partial charge in [-0.05, 0) is 54.8 Å². The van der Waals surface area contributed by atoms with E-state index >= 15 is 0 Å². The first-order chi connectivity index (χ1) is 17.1. The quantitative estimate of drug-likeness (QED) is 0.390. The Morgan fingerprint density at radius 3 is 2.91 bits per heavy atom. The zero-order chi connectivity index (χ0) is 24.2. The number of methoxy groups -OCH3 is 1. The van der Waals surface area contributed by atoms with Crippen molar-refractivity contribution >= 4 is 16.9 Å². The average Bonchev–Trinajstić information content (AvgIpc) is 3.30. The molecule has 1 aliphatic rings. The molecule has 0 fully saturated rings. The Hall–Kier alpha value is -4.14. The van der Waals surface area contributed by atoms with Gasteiger partial charge in [0, 0.05) is 29.8 Å². The summed E-state index contributed by atoms with van der Waals surface area (Å²) in [5.41, 5.74) is 3.55. The van der Waals surface area contributed by atoms with Crippen LogP contribution in [0, 0.1) is 0 Å². The number of nitrogens with zero attached hydrogens (tertiary/aromatic N) is 4. The minimum atomic E-state index is -0.920. The normalized spacial score (nSPS) is 13.6. The van der Waals surface area contributed by atoms with E-state index in [0.29, 0.717) is 18.9 Å². The highest BCUT2D eigenvalue weighted by Gasteiger charge is 2.21. The number of rotatable bonds is 9. The van der Waals surface area contributed by atoms with Crippen molar-refractivity contribution in [2.75, 3.05) is 20.3 Å². The maximum absolute atomic E-state index is 11.6. The van der Waals surface area contributed by atoms with E-state index in [0.717, 1.165) is 58.8 Å². The summed E-state index contributed by atoms with van der Waals surface area (Å²) in [5.74, 6) is 1.15. The fourth-order valence-corrected chi connectivity index (χ4v) is 4.27. The van der Waals surface area contributed by atoms with Gasteiger partial charge in [0.05, 0.1) is 50.2 Å². The summed E-state index contributed by atoms with van der Waals surface area (Å²) in [6.07, 6.45) is 5.85. The Balaban J connectivity index is 1.30. The number of carboxylic acid groups (broad SMARTS) is 1. The zero-order valence-electron chi connectivity index (χ0n) is 19.4. The number of pyridine rings is 2. The summed E-state index contributed by atoms with van der Waals surface area (Å²) < 4.78 is 18.4. The van der Waals surface area contributed by atoms with Crippen LogP contribution in [0.3, 0.4) is 0 Å². The number of aryl methyl sites for hydroxylation is 1. The van der Waals surface area contributed by atoms with Crippen molar-refractivity contribution in [3.63, 3.8) is 0 Å². The van der Waals surface area contributed by atoms with E-state index in [1.54, 1.807) is 23.1 Å². The number of aromatic nitrogens is 4. The van der Waals surface area contributed by atoms with Gasteiger partial charge >= 0.3 is 5.97 Å². The monoisotopic (exact) mass is 474 g/mol. The molecule has 180 valence electrons. The average molecular weight is 475 g/mol. The molecule has 0 unspecified atom stereocenters. The first kappa shape index (κ1) is 22.6. The highest BCUT2D eigenvalue weighted by molar-refractivity contribution is 5.81. The minimum absolute atomic E-state index is 0.123. The Kier molecular flexibility index (Phi) is 6.47. The van der Waals surface area contributed by atoms with E-state index in [1.807, 2.05) is 36.4 Å². The second-order valence-electron chi connectivity index (χ2n) is 8.36. The van der Waals surface area contributed by atoms with Gasteiger partial charge in [0.2, 0.25) is 5.88 Å². The molecule has 9 heteroatoms. The largest absolute Gasteiger partial charge is 0.493 e. The standard InChI is InChI=1S/C26H26N4O5/c1-33-25-9-4-17(15-27-25)23(14-26(31)32)30-22-7-6-20(13-18(22)16-28-30)34-12-10-19-5-8-24-21(29-19)3-2-11-35-24/h4-9,13,15-16,23H,2-3,10-12,14H2,1H3,(H,31,32)/t23-/m0/s1. The lowest BCUT2D eigenvalue weighted by Gasteiger charge is -2.17. The van der Waals surface area contributed by atoms with Crippen molar-refractivity contribution in [1.82, 2.24) is 19.7 Å². The first-order valence-electron chi connectivity index (χ1n) is 11.5. The van der Waals surface area contributed by atoms with Crippen molar-refractivity contribution in [3.05, 3.63) is 71.8 Å². The third-order valence-corrected chi connectivity index (χ3v) is 6.02. The fraction of sp³-hybridized carbons (Fsp3) is 0.308. The fourth-order valence-electron chi connectivity index (χ4n) is 4.27. The molecule has 4 heterocycles. The molecule has 0 aliphatic carbocycles. The Morgan fingerprint density at radius 2 is 2.11 bits per heavy atom. The Morgan fingerprint density at radius 1 is 1.20 bits per heavy atom. The van der Waals surface area contributed by atoms with Crippen molar-refractivity contribution in [2.45, 2.75) is 31.7 Å². The minimum Gasteiger partial charge on any atom is -0.493 e. The molecule has 9 nitrogen and oxygen atoms in total. The van der Waals surface area contributed by atoms with Crippen LogP contribution in [0.5, 0.6) is 17.4 Å². The van der Waals surface area contributed by atoms with Gasteiger partial charge in [-0.1, -0.05) is 0 Å². The lowest BCUT2D eigenvalue weighted by Crippen LogP contribution is -2.16. The number of ether oxygens (including phenoxy) is 3. The van der Waals surface area contributed by atoms with Gasteiger partial charge in [-0.15, -0.1) is 0 Å². The van der Waals surface area contributed by atoms with E-state index < -0.39 is 12.0 Å². The number of carboxylic acids is 1. The molecule has 35 heavy (non-hydrogen) atoms. The molecule has 3 aromatic heterocycles. The van der Waals surface area contributed by atoms with Crippen LogP contribution in [-0.4, -0.2) is 51.1 Å². The van der Waals surface area contributed by atoms with Crippen LogP contribution in [0.25, 0.3) is 10.9 Å². The molecule has 5 rings (SSSR count). The molecular formula is C26H26N4O5. The van der Waals surface area contributed by atoms with Gasteiger partial charge in [0.25, 0.3) is 0 Å². The van der Waals surface area contributed by atoms with Gasteiger partial charge < -0.3 is 19.3 Å². The highest BCUT2D eigenvalue weighted by Crippen LogP contribution is 2.29. The molecule has 1 aromatic carbocycles. The lowest BCUT2D eigenvalue weighted by atomic mass is 10.1. The first-order valence-corrected chi connectivity index (χ1v) is 11.5. The number of benzene rings is 1. The number of hydrogen-bond acceptors (Lipinski definition) is 7. The molecule has 0 amide bonds. The van der Waals surface area contributed by atoms with Gasteiger partial charge in [-0.25, -0.2) is 4.98 Å². The molecule has 4 aromatic rings. The third-order valence-electron chi connectivity index (χ3n) is 6.02. The Labute approximate surface area is 202 Å².